The first-order valence-electron chi connectivity index (χ1n) is 7.05. The normalized spacial score (nSPS) is 32.6. The van der Waals surface area contributed by atoms with Crippen LogP contribution in [0.2, 0.25) is 0 Å². The molecule has 6 heteroatoms. The minimum Gasteiger partial charge on any atom is -0.469 e. The second kappa shape index (κ2) is 5.24. The zero-order chi connectivity index (χ0) is 15.0. The molecule has 0 aromatic heterocycles. The van der Waals surface area contributed by atoms with Crippen molar-refractivity contribution in [3.8, 4) is 0 Å². The van der Waals surface area contributed by atoms with Crippen LogP contribution in [0.5, 0.6) is 0 Å². The average molecular weight is 284 g/mol. The van der Waals surface area contributed by atoms with Crippen LogP contribution in [0.4, 0.5) is 4.79 Å². The van der Waals surface area contributed by atoms with E-state index in [9.17, 15) is 9.59 Å². The van der Waals surface area contributed by atoms with Crippen molar-refractivity contribution in [1.29, 1.82) is 0 Å². The first-order chi connectivity index (χ1) is 9.27. The van der Waals surface area contributed by atoms with E-state index in [0.29, 0.717) is 13.0 Å². The smallest absolute Gasteiger partial charge is 0.407 e. The molecule has 0 bridgehead atoms. The number of ether oxygens (including phenoxy) is 2. The molecule has 1 saturated carbocycles. The Kier molecular flexibility index (Phi) is 3.95. The number of carbonyl (C=O) groups is 2. The average Bonchev–Trinajstić information content (AvgIpc) is 2.82. The summed E-state index contributed by atoms with van der Waals surface area (Å²) in [5.74, 6) is 0.0378. The van der Waals surface area contributed by atoms with Crippen molar-refractivity contribution in [1.82, 2.24) is 10.6 Å². The van der Waals surface area contributed by atoms with Crippen molar-refractivity contribution in [2.45, 2.75) is 45.3 Å². The van der Waals surface area contributed by atoms with Crippen LogP contribution in [0.3, 0.4) is 0 Å². The highest BCUT2D eigenvalue weighted by Gasteiger charge is 2.56. The number of esters is 1. The molecule has 0 spiro atoms. The molecule has 1 heterocycles. The van der Waals surface area contributed by atoms with Gasteiger partial charge in [0.05, 0.1) is 12.5 Å². The van der Waals surface area contributed by atoms with E-state index in [-0.39, 0.29) is 17.9 Å². The van der Waals surface area contributed by atoms with E-state index < -0.39 is 17.1 Å². The number of amides is 1. The van der Waals surface area contributed by atoms with Gasteiger partial charge in [-0.3, -0.25) is 4.79 Å². The Morgan fingerprint density at radius 1 is 1.35 bits per heavy atom. The van der Waals surface area contributed by atoms with E-state index in [1.807, 2.05) is 20.8 Å². The molecule has 2 N–H and O–H groups in total. The van der Waals surface area contributed by atoms with Gasteiger partial charge >= 0.3 is 12.1 Å². The standard InChI is InChI=1S/C14H24N2O4/c1-13(2,3)20-12(18)16-10-5-9-7-15-8-14(9,6-10)11(17)19-4/h9-10,15H,5-8H2,1-4H3,(H,16,18)/t9-,10-,14-/m1/s1. The van der Waals surface area contributed by atoms with Crippen molar-refractivity contribution >= 4 is 12.1 Å². The number of nitrogens with one attached hydrogen (secondary N) is 2. The minimum absolute atomic E-state index is 0.0314. The summed E-state index contributed by atoms with van der Waals surface area (Å²) in [7, 11) is 1.42. The molecule has 2 rings (SSSR count). The Labute approximate surface area is 119 Å². The van der Waals surface area contributed by atoms with Gasteiger partial charge in [0.25, 0.3) is 0 Å². The predicted molar refractivity (Wildman–Crippen MR) is 73.2 cm³/mol. The molecule has 3 atom stereocenters. The number of carbonyl (C=O) groups excluding carboxylic acids is 2. The van der Waals surface area contributed by atoms with Gasteiger partial charge in [-0.05, 0) is 46.1 Å². The quantitative estimate of drug-likeness (QED) is 0.741. The maximum absolute atomic E-state index is 12.1. The van der Waals surface area contributed by atoms with Crippen molar-refractivity contribution in [3.63, 3.8) is 0 Å². The van der Waals surface area contributed by atoms with E-state index in [1.165, 1.54) is 7.11 Å². The van der Waals surface area contributed by atoms with Gasteiger partial charge in [-0.2, -0.15) is 0 Å². The molecule has 0 aromatic rings. The molecule has 1 aliphatic heterocycles. The van der Waals surface area contributed by atoms with Crippen LogP contribution < -0.4 is 10.6 Å². The highest BCUT2D eigenvalue weighted by Crippen LogP contribution is 2.46. The van der Waals surface area contributed by atoms with Gasteiger partial charge in [0.2, 0.25) is 0 Å². The molecule has 1 saturated heterocycles. The molecular weight excluding hydrogens is 260 g/mol. The van der Waals surface area contributed by atoms with Gasteiger partial charge in [-0.1, -0.05) is 0 Å². The molecule has 1 aliphatic carbocycles. The number of rotatable bonds is 2. The number of hydrogen-bond donors (Lipinski definition) is 2. The molecular formula is C14H24N2O4. The number of methoxy groups -OCH3 is 1. The highest BCUT2D eigenvalue weighted by molar-refractivity contribution is 5.79. The Balaban J connectivity index is 1.98. The lowest BCUT2D eigenvalue weighted by molar-refractivity contribution is -0.153. The van der Waals surface area contributed by atoms with Crippen LogP contribution in [-0.2, 0) is 14.3 Å². The first kappa shape index (κ1) is 15.1. The summed E-state index contributed by atoms with van der Waals surface area (Å²) >= 11 is 0. The third-order valence-electron chi connectivity index (χ3n) is 4.11. The Morgan fingerprint density at radius 3 is 2.65 bits per heavy atom. The molecule has 0 radical (unpaired) electrons. The van der Waals surface area contributed by atoms with E-state index in [4.69, 9.17) is 9.47 Å². The summed E-state index contributed by atoms with van der Waals surface area (Å²) in [5.41, 5.74) is -1.01. The Morgan fingerprint density at radius 2 is 2.05 bits per heavy atom. The minimum atomic E-state index is -0.514. The fourth-order valence-corrected chi connectivity index (χ4v) is 3.33. The van der Waals surface area contributed by atoms with Crippen molar-refractivity contribution in [2.24, 2.45) is 11.3 Å². The Bertz CT molecular complexity index is 404. The lowest BCUT2D eigenvalue weighted by Crippen LogP contribution is -2.41. The number of alkyl carbamates (subject to hydrolysis) is 1. The first-order valence-corrected chi connectivity index (χ1v) is 7.05. The van der Waals surface area contributed by atoms with E-state index in [0.717, 1.165) is 13.0 Å². The summed E-state index contributed by atoms with van der Waals surface area (Å²) in [6, 6.07) is -0.0314. The molecule has 6 nitrogen and oxygen atoms in total. The maximum Gasteiger partial charge on any atom is 0.407 e. The fourth-order valence-electron chi connectivity index (χ4n) is 3.33. The lowest BCUT2D eigenvalue weighted by Gasteiger charge is -2.25. The number of hydrogen-bond acceptors (Lipinski definition) is 5. The van der Waals surface area contributed by atoms with Crippen LogP contribution in [0.15, 0.2) is 0 Å². The van der Waals surface area contributed by atoms with Gasteiger partial charge in [-0.15, -0.1) is 0 Å². The summed E-state index contributed by atoms with van der Waals surface area (Å²) in [6.07, 6.45) is 0.966. The van der Waals surface area contributed by atoms with Gasteiger partial charge in [-0.25, -0.2) is 4.79 Å². The molecule has 1 amide bonds. The number of fused-ring (bicyclic) bond motifs is 1. The molecule has 0 unspecified atom stereocenters. The lowest BCUT2D eigenvalue weighted by atomic mass is 9.81. The van der Waals surface area contributed by atoms with Gasteiger partial charge in [0, 0.05) is 12.6 Å². The van der Waals surface area contributed by atoms with E-state index in [2.05, 4.69) is 10.6 Å². The monoisotopic (exact) mass is 284 g/mol. The van der Waals surface area contributed by atoms with Crippen LogP contribution in [0.1, 0.15) is 33.6 Å². The van der Waals surface area contributed by atoms with E-state index >= 15 is 0 Å². The van der Waals surface area contributed by atoms with Crippen LogP contribution in [0, 0.1) is 11.3 Å². The summed E-state index contributed by atoms with van der Waals surface area (Å²) in [6.45, 7) is 6.90. The molecule has 20 heavy (non-hydrogen) atoms. The van der Waals surface area contributed by atoms with Crippen LogP contribution >= 0.6 is 0 Å². The van der Waals surface area contributed by atoms with Crippen molar-refractivity contribution in [2.75, 3.05) is 20.2 Å². The second-order valence-corrected chi connectivity index (χ2v) is 6.76. The van der Waals surface area contributed by atoms with Gasteiger partial charge in [0.15, 0.2) is 0 Å². The summed E-state index contributed by atoms with van der Waals surface area (Å²) < 4.78 is 10.2. The third-order valence-corrected chi connectivity index (χ3v) is 4.11. The summed E-state index contributed by atoms with van der Waals surface area (Å²) in [4.78, 5) is 23.9. The molecule has 2 fully saturated rings. The van der Waals surface area contributed by atoms with Gasteiger partial charge in [0.1, 0.15) is 5.60 Å². The second-order valence-electron chi connectivity index (χ2n) is 6.76. The molecule has 114 valence electrons. The third kappa shape index (κ3) is 2.90. The zero-order valence-electron chi connectivity index (χ0n) is 12.6. The highest BCUT2D eigenvalue weighted by atomic mass is 16.6. The van der Waals surface area contributed by atoms with Crippen LogP contribution in [0.25, 0.3) is 0 Å². The van der Waals surface area contributed by atoms with Crippen molar-refractivity contribution in [3.05, 3.63) is 0 Å². The SMILES string of the molecule is COC(=O)[C@]12CNC[C@H]1C[C@@H](NC(=O)OC(C)(C)C)C2. The van der Waals surface area contributed by atoms with Crippen molar-refractivity contribution < 1.29 is 19.1 Å². The van der Waals surface area contributed by atoms with Gasteiger partial charge < -0.3 is 20.1 Å². The topological polar surface area (TPSA) is 76.7 Å². The maximum atomic E-state index is 12.1. The predicted octanol–water partition coefficient (Wildman–Crippen LogP) is 1.05. The zero-order valence-corrected chi connectivity index (χ0v) is 12.6. The fraction of sp³-hybridized carbons (Fsp3) is 0.857. The molecule has 2 aliphatic rings. The largest absolute Gasteiger partial charge is 0.469 e. The molecule has 0 aromatic carbocycles. The van der Waals surface area contributed by atoms with E-state index in [1.54, 1.807) is 0 Å². The Hall–Kier alpha value is -1.30. The summed E-state index contributed by atoms with van der Waals surface area (Å²) in [5, 5.41) is 6.12. The van der Waals surface area contributed by atoms with Crippen LogP contribution in [-0.4, -0.2) is 43.9 Å².